The summed E-state index contributed by atoms with van der Waals surface area (Å²) in [6.07, 6.45) is 0.811. The lowest BCUT2D eigenvalue weighted by Gasteiger charge is -2.33. The number of rotatable bonds is 5. The van der Waals surface area contributed by atoms with Gasteiger partial charge in [0.1, 0.15) is 47.9 Å². The second-order valence-electron chi connectivity index (χ2n) is 15.5. The van der Waals surface area contributed by atoms with Crippen LogP contribution in [0.15, 0.2) is 24.3 Å². The first kappa shape index (κ1) is 44.2. The second-order valence-corrected chi connectivity index (χ2v) is 15.5. The number of nitrogens with one attached hydrogen (secondary N) is 6. The highest BCUT2D eigenvalue weighted by Gasteiger charge is 2.45. The molecule has 0 bridgehead atoms. The molecule has 4 rings (SSSR count). The quantitative estimate of drug-likeness (QED) is 0.144. The second kappa shape index (κ2) is 19.5. The third-order valence-corrected chi connectivity index (χ3v) is 10.9. The van der Waals surface area contributed by atoms with Crippen LogP contribution in [0.1, 0.15) is 79.2 Å². The molecule has 3 aliphatic heterocycles. The van der Waals surface area contributed by atoms with Gasteiger partial charge in [-0.2, -0.15) is 0 Å². The van der Waals surface area contributed by atoms with Gasteiger partial charge in [0, 0.05) is 13.1 Å². The van der Waals surface area contributed by atoms with Crippen molar-refractivity contribution in [3.05, 3.63) is 29.8 Å². The summed E-state index contributed by atoms with van der Waals surface area (Å²) in [6, 6.07) is 1.44. The molecule has 57 heavy (non-hydrogen) atoms. The van der Waals surface area contributed by atoms with Crippen LogP contribution in [0.25, 0.3) is 0 Å². The number of aromatic hydroxyl groups is 1. The van der Waals surface area contributed by atoms with Crippen molar-refractivity contribution in [1.29, 1.82) is 0 Å². The number of benzene rings is 1. The van der Waals surface area contributed by atoms with Crippen LogP contribution < -0.4 is 31.9 Å². The number of phenolic OH excluding ortho intramolecular Hbond substituents is 1. The summed E-state index contributed by atoms with van der Waals surface area (Å²) in [7, 11) is 0. The summed E-state index contributed by atoms with van der Waals surface area (Å²) in [5.74, 6) is -10.3. The first-order valence-electron chi connectivity index (χ1n) is 19.6. The Morgan fingerprint density at radius 1 is 0.702 bits per heavy atom. The Morgan fingerprint density at radius 3 is 1.91 bits per heavy atom. The summed E-state index contributed by atoms with van der Waals surface area (Å²) < 4.78 is 0. The van der Waals surface area contributed by atoms with Gasteiger partial charge >= 0.3 is 0 Å². The van der Waals surface area contributed by atoms with Crippen molar-refractivity contribution in [2.24, 2.45) is 23.7 Å². The maximum atomic E-state index is 14.3. The highest BCUT2D eigenvalue weighted by Crippen LogP contribution is 2.28. The predicted molar refractivity (Wildman–Crippen MR) is 204 cm³/mol. The molecule has 1 aromatic rings. The minimum absolute atomic E-state index is 0.0450. The largest absolute Gasteiger partial charge is 0.508 e. The smallest absolute Gasteiger partial charge is 0.248 e. The zero-order valence-electron chi connectivity index (χ0n) is 33.4. The summed E-state index contributed by atoms with van der Waals surface area (Å²) in [5.41, 5.74) is 0.480. The Kier molecular flexibility index (Phi) is 15.1. The van der Waals surface area contributed by atoms with Crippen LogP contribution in [0, 0.1) is 23.7 Å². The number of hydrogen-bond acceptors (Lipinski definition) is 10. The van der Waals surface area contributed by atoms with Crippen molar-refractivity contribution in [1.82, 2.24) is 41.7 Å². The molecule has 0 saturated carbocycles. The Balaban J connectivity index is 1.68. The minimum Gasteiger partial charge on any atom is -0.508 e. The summed E-state index contributed by atoms with van der Waals surface area (Å²) in [5, 5.41) is 25.0. The number of carbonyl (C=O) groups is 9. The molecule has 3 saturated heterocycles. The van der Waals surface area contributed by atoms with Crippen molar-refractivity contribution < 1.29 is 48.3 Å². The molecule has 0 aliphatic carbocycles. The van der Waals surface area contributed by atoms with Gasteiger partial charge in [0.05, 0.1) is 6.54 Å². The molecule has 3 heterocycles. The third-order valence-electron chi connectivity index (χ3n) is 10.9. The van der Waals surface area contributed by atoms with Crippen molar-refractivity contribution in [2.45, 2.75) is 110 Å². The lowest BCUT2D eigenvalue weighted by molar-refractivity contribution is -0.151. The first-order chi connectivity index (χ1) is 26.9. The lowest BCUT2D eigenvalue weighted by atomic mass is 9.96. The van der Waals surface area contributed by atoms with Gasteiger partial charge in [0.2, 0.25) is 53.2 Å². The van der Waals surface area contributed by atoms with Crippen LogP contribution in [0.3, 0.4) is 0 Å². The number of nitrogens with zero attached hydrogens (tertiary/aromatic N) is 2. The van der Waals surface area contributed by atoms with E-state index in [9.17, 15) is 48.3 Å². The Hall–Kier alpha value is -5.55. The average molecular weight is 797 g/mol. The Labute approximate surface area is 332 Å². The molecule has 0 radical (unpaired) electrons. The molecule has 3 aliphatic rings. The van der Waals surface area contributed by atoms with Gasteiger partial charge in [0.15, 0.2) is 0 Å². The third kappa shape index (κ3) is 11.1. The molecule has 1 aromatic carbocycles. The molecule has 8 atom stereocenters. The zero-order chi connectivity index (χ0) is 42.1. The summed E-state index contributed by atoms with van der Waals surface area (Å²) >= 11 is 0. The number of amides is 9. The number of hydrogen-bond donors (Lipinski definition) is 7. The maximum Gasteiger partial charge on any atom is 0.248 e. The molecule has 18 nitrogen and oxygen atoms in total. The van der Waals surface area contributed by atoms with Crippen LogP contribution in [0.4, 0.5) is 0 Å². The number of carbonyl (C=O) groups excluding carboxylic acids is 9. The molecular weight excluding hydrogens is 740 g/mol. The van der Waals surface area contributed by atoms with E-state index in [4.69, 9.17) is 0 Å². The average Bonchev–Trinajstić information content (AvgIpc) is 3.88. The number of phenols is 1. The van der Waals surface area contributed by atoms with E-state index in [0.29, 0.717) is 31.2 Å². The molecule has 9 amide bonds. The minimum atomic E-state index is -1.51. The summed E-state index contributed by atoms with van der Waals surface area (Å²) in [6.45, 7) is 9.47. The van der Waals surface area contributed by atoms with Gasteiger partial charge in [-0.25, -0.2) is 0 Å². The summed E-state index contributed by atoms with van der Waals surface area (Å²) in [4.78, 5) is 125. The molecule has 312 valence electrons. The van der Waals surface area contributed by atoms with Crippen LogP contribution in [-0.4, -0.2) is 118 Å². The van der Waals surface area contributed by atoms with Crippen molar-refractivity contribution in [3.8, 4) is 5.75 Å². The van der Waals surface area contributed by atoms with Gasteiger partial charge in [0.25, 0.3) is 0 Å². The monoisotopic (exact) mass is 796 g/mol. The molecule has 3 fully saturated rings. The molecule has 7 N–H and O–H groups in total. The van der Waals surface area contributed by atoms with Crippen LogP contribution in [0.2, 0.25) is 0 Å². The molecule has 0 aromatic heterocycles. The van der Waals surface area contributed by atoms with Crippen molar-refractivity contribution >= 4 is 53.2 Å². The van der Waals surface area contributed by atoms with E-state index in [1.54, 1.807) is 20.8 Å². The van der Waals surface area contributed by atoms with E-state index in [0.717, 1.165) is 0 Å². The van der Waals surface area contributed by atoms with E-state index in [2.05, 4.69) is 31.9 Å². The normalized spacial score (nSPS) is 28.5. The molecule has 18 heteroatoms. The highest BCUT2D eigenvalue weighted by atomic mass is 16.3. The van der Waals surface area contributed by atoms with E-state index >= 15 is 0 Å². The Bertz CT molecular complexity index is 1720. The van der Waals surface area contributed by atoms with E-state index in [1.165, 1.54) is 47.9 Å². The van der Waals surface area contributed by atoms with Crippen molar-refractivity contribution in [2.75, 3.05) is 19.6 Å². The van der Waals surface area contributed by atoms with Crippen molar-refractivity contribution in [3.63, 3.8) is 0 Å². The van der Waals surface area contributed by atoms with Gasteiger partial charge in [-0.1, -0.05) is 46.2 Å². The van der Waals surface area contributed by atoms with Crippen LogP contribution in [0.5, 0.6) is 5.75 Å². The lowest BCUT2D eigenvalue weighted by Crippen LogP contribution is -2.58. The van der Waals surface area contributed by atoms with Gasteiger partial charge in [-0.3, -0.25) is 48.5 Å². The first-order valence-corrected chi connectivity index (χ1v) is 19.6. The standard InChI is InChI=1S/C39H56N8O10/c1-7-21(4)30-37(55)40-19-29(49)42-31(20(2)3)44-33(51)22(5)32(50)41-23(6)34(52)45-35(53)26(18-24-12-14-25(48)15-13-24)38(56)47-17-9-11-28(47)39(57)46-16-8-10-27(46)36(54)43-30/h12-15,20-23,26-28,30-31,48H,7-11,16-19H2,1-6H3,(H,40,55)(H,41,50)(H,42,49)(H,43,54)(H,44,51)(H,45,52,53)/t21-,22-,23-,26-,27-,28-,30-,31+/m0/s1. The molecule has 0 spiro atoms. The van der Waals surface area contributed by atoms with Crippen LogP contribution in [-0.2, 0) is 49.6 Å². The highest BCUT2D eigenvalue weighted by molar-refractivity contribution is 6.09. The van der Waals surface area contributed by atoms with Gasteiger partial charge in [-0.05, 0) is 75.5 Å². The van der Waals surface area contributed by atoms with Gasteiger partial charge in [-0.15, -0.1) is 0 Å². The Morgan fingerprint density at radius 2 is 1.30 bits per heavy atom. The predicted octanol–water partition coefficient (Wildman–Crippen LogP) is -0.808. The molecule has 0 unspecified atom stereocenters. The van der Waals surface area contributed by atoms with E-state index in [1.807, 2.05) is 6.92 Å². The van der Waals surface area contributed by atoms with E-state index < -0.39 is 102 Å². The van der Waals surface area contributed by atoms with Gasteiger partial charge < -0.3 is 41.5 Å². The topological polar surface area (TPSA) is 253 Å². The fourth-order valence-electron chi connectivity index (χ4n) is 7.08. The fourth-order valence-corrected chi connectivity index (χ4v) is 7.08. The SMILES string of the molecule is CC[C@H](C)[C@@H]1NC(=O)[C@@H]2CCCN2C(=O)[C@@H]2CCCN2C(=O)[C@@H](Cc2ccc(O)cc2)C(=O)NC(=O)[C@H](C)NC(=O)[C@H](C)C(=O)N[C@H](C(C)C)NC(=O)CNC1=O. The van der Waals surface area contributed by atoms with Crippen LogP contribution >= 0.6 is 0 Å². The zero-order valence-corrected chi connectivity index (χ0v) is 33.4. The van der Waals surface area contributed by atoms with E-state index in [-0.39, 0.29) is 43.5 Å². The maximum absolute atomic E-state index is 14.3. The number of fused-ring (bicyclic) bond motifs is 2. The fraction of sp³-hybridized carbons (Fsp3) is 0.615. The molecular formula is C39H56N8O10. The number of imide groups is 1.